The van der Waals surface area contributed by atoms with Gasteiger partial charge in [0.25, 0.3) is 5.91 Å². The molecule has 2 atom stereocenters. The summed E-state index contributed by atoms with van der Waals surface area (Å²) in [5.41, 5.74) is 1.34. The molecule has 138 valence electrons. The predicted octanol–water partition coefficient (Wildman–Crippen LogP) is 4.66. The third-order valence-electron chi connectivity index (χ3n) is 5.33. The van der Waals surface area contributed by atoms with Crippen molar-refractivity contribution in [2.24, 2.45) is 5.92 Å². The molecule has 0 radical (unpaired) electrons. The molecule has 1 aliphatic heterocycles. The van der Waals surface area contributed by atoms with Gasteiger partial charge in [0.1, 0.15) is 0 Å². The second-order valence-electron chi connectivity index (χ2n) is 7.21. The summed E-state index contributed by atoms with van der Waals surface area (Å²) < 4.78 is 25.1. The van der Waals surface area contributed by atoms with Gasteiger partial charge in [-0.05, 0) is 42.5 Å². The lowest BCUT2D eigenvalue weighted by Crippen LogP contribution is -2.40. The normalized spacial score (nSPS) is 23.8. The van der Waals surface area contributed by atoms with Gasteiger partial charge in [0.2, 0.25) is 0 Å². The van der Waals surface area contributed by atoms with E-state index in [0.717, 1.165) is 24.1 Å². The van der Waals surface area contributed by atoms with Crippen LogP contribution in [0.5, 0.6) is 0 Å². The first-order valence-corrected chi connectivity index (χ1v) is 11.7. The first kappa shape index (κ1) is 18.0. The molecule has 4 rings (SSSR count). The van der Waals surface area contributed by atoms with E-state index in [2.05, 4.69) is 12.2 Å². The Bertz CT molecular complexity index is 981. The van der Waals surface area contributed by atoms with Crippen molar-refractivity contribution in [1.82, 2.24) is 5.32 Å². The number of rotatable bonds is 2. The van der Waals surface area contributed by atoms with Gasteiger partial charge in [0.15, 0.2) is 9.84 Å². The number of carbonyl (C=O) groups excluding carboxylic acids is 1. The van der Waals surface area contributed by atoms with E-state index in [1.54, 1.807) is 18.2 Å². The number of benzene rings is 1. The van der Waals surface area contributed by atoms with Crippen LogP contribution in [0, 0.1) is 5.92 Å². The first-order chi connectivity index (χ1) is 12.3. The van der Waals surface area contributed by atoms with Gasteiger partial charge in [-0.15, -0.1) is 11.3 Å². The van der Waals surface area contributed by atoms with Gasteiger partial charge in [-0.1, -0.05) is 37.4 Å². The van der Waals surface area contributed by atoms with Crippen LogP contribution >= 0.6 is 22.9 Å². The number of nitrogens with one attached hydrogen (secondary N) is 1. The summed E-state index contributed by atoms with van der Waals surface area (Å²) in [6, 6.07) is 6.85. The minimum absolute atomic E-state index is 0.0840. The van der Waals surface area contributed by atoms with Gasteiger partial charge < -0.3 is 5.32 Å². The molecule has 1 aromatic heterocycles. The third kappa shape index (κ3) is 3.19. The Morgan fingerprint density at radius 1 is 1.23 bits per heavy atom. The Labute approximate surface area is 162 Å². The van der Waals surface area contributed by atoms with Crippen LogP contribution in [0.1, 0.15) is 47.8 Å². The maximum absolute atomic E-state index is 12.7. The lowest BCUT2D eigenvalue weighted by atomic mass is 9.86. The maximum atomic E-state index is 12.7. The molecule has 1 N–H and O–H groups in total. The molecule has 7 heteroatoms. The van der Waals surface area contributed by atoms with Crippen molar-refractivity contribution in [2.75, 3.05) is 0 Å². The topological polar surface area (TPSA) is 63.2 Å². The van der Waals surface area contributed by atoms with Crippen LogP contribution in [-0.4, -0.2) is 20.4 Å². The molecule has 2 heterocycles. The molecule has 1 amide bonds. The summed E-state index contributed by atoms with van der Waals surface area (Å²) >= 11 is 7.35. The number of halogens is 1. The molecule has 2 aliphatic rings. The number of sulfone groups is 1. The van der Waals surface area contributed by atoms with E-state index in [4.69, 9.17) is 11.6 Å². The van der Waals surface area contributed by atoms with E-state index < -0.39 is 9.84 Å². The van der Waals surface area contributed by atoms with Crippen molar-refractivity contribution in [3.8, 4) is 10.4 Å². The molecule has 0 bridgehead atoms. The monoisotopic (exact) mass is 409 g/mol. The standard InChI is InChI=1S/C19H20ClNO3S2/c1-11-4-2-3-5-15(11)21-19(22)16-8-12-10-26(23,24)17-9-13(20)6-7-14(17)18(12)25-16/h6-9,11,15H,2-5,10H2,1H3,(H,21,22)/t11-,15-/m0/s1. The molecular formula is C19H20ClNO3S2. The number of hydrogen-bond acceptors (Lipinski definition) is 4. The highest BCUT2D eigenvalue weighted by Gasteiger charge is 2.32. The number of thiophene rings is 1. The average Bonchev–Trinajstić information content (AvgIpc) is 3.00. The largest absolute Gasteiger partial charge is 0.348 e. The Morgan fingerprint density at radius 2 is 2.00 bits per heavy atom. The lowest BCUT2D eigenvalue weighted by Gasteiger charge is -2.29. The van der Waals surface area contributed by atoms with Gasteiger partial charge in [-0.25, -0.2) is 8.42 Å². The number of fused-ring (bicyclic) bond motifs is 3. The van der Waals surface area contributed by atoms with Gasteiger partial charge in [0, 0.05) is 21.5 Å². The number of hydrogen-bond donors (Lipinski definition) is 1. The van der Waals surface area contributed by atoms with Crippen molar-refractivity contribution < 1.29 is 13.2 Å². The Kier molecular flexibility index (Phi) is 4.61. The molecule has 1 aromatic carbocycles. The molecule has 2 aromatic rings. The first-order valence-electron chi connectivity index (χ1n) is 8.81. The molecule has 26 heavy (non-hydrogen) atoms. The molecule has 1 saturated carbocycles. The van der Waals surface area contributed by atoms with E-state index >= 15 is 0 Å². The molecule has 0 unspecified atom stereocenters. The zero-order chi connectivity index (χ0) is 18.5. The van der Waals surface area contributed by atoms with Gasteiger partial charge in [0.05, 0.1) is 15.5 Å². The Morgan fingerprint density at radius 3 is 2.77 bits per heavy atom. The summed E-state index contributed by atoms with van der Waals surface area (Å²) in [6.45, 7) is 2.18. The number of amides is 1. The highest BCUT2D eigenvalue weighted by Crippen LogP contribution is 2.43. The summed E-state index contributed by atoms with van der Waals surface area (Å²) in [4.78, 5) is 14.4. The van der Waals surface area contributed by atoms with Crippen LogP contribution in [0.25, 0.3) is 10.4 Å². The van der Waals surface area contributed by atoms with Crippen LogP contribution in [0.2, 0.25) is 5.02 Å². The second-order valence-corrected chi connectivity index (χ2v) is 10.7. The van der Waals surface area contributed by atoms with Crippen LogP contribution in [0.15, 0.2) is 29.2 Å². The Balaban J connectivity index is 1.67. The SMILES string of the molecule is C[C@H]1CCCC[C@@H]1NC(=O)c1cc2c(s1)-c1ccc(Cl)cc1S(=O)(=O)C2. The molecule has 1 fully saturated rings. The van der Waals surface area contributed by atoms with Crippen LogP contribution < -0.4 is 5.32 Å². The summed E-state index contributed by atoms with van der Waals surface area (Å²) in [6.07, 6.45) is 4.51. The molecule has 4 nitrogen and oxygen atoms in total. The highest BCUT2D eigenvalue weighted by atomic mass is 35.5. The maximum Gasteiger partial charge on any atom is 0.261 e. The predicted molar refractivity (Wildman–Crippen MR) is 105 cm³/mol. The summed E-state index contributed by atoms with van der Waals surface area (Å²) in [7, 11) is -3.44. The van der Waals surface area contributed by atoms with Crippen molar-refractivity contribution in [3.63, 3.8) is 0 Å². The van der Waals surface area contributed by atoms with Crippen molar-refractivity contribution in [2.45, 2.75) is 49.3 Å². The highest BCUT2D eigenvalue weighted by molar-refractivity contribution is 7.91. The molecule has 0 saturated heterocycles. The Hall–Kier alpha value is -1.37. The smallest absolute Gasteiger partial charge is 0.261 e. The van der Waals surface area contributed by atoms with E-state index in [0.29, 0.717) is 26.9 Å². The van der Waals surface area contributed by atoms with Crippen molar-refractivity contribution in [1.29, 1.82) is 0 Å². The van der Waals surface area contributed by atoms with E-state index in [1.807, 2.05) is 0 Å². The van der Waals surface area contributed by atoms with Crippen molar-refractivity contribution in [3.05, 3.63) is 39.7 Å². The van der Waals surface area contributed by atoms with Crippen LogP contribution in [0.4, 0.5) is 0 Å². The minimum Gasteiger partial charge on any atom is -0.348 e. The van der Waals surface area contributed by atoms with Gasteiger partial charge in [-0.3, -0.25) is 4.79 Å². The fourth-order valence-corrected chi connectivity index (χ4v) is 6.99. The van der Waals surface area contributed by atoms with E-state index in [1.165, 1.54) is 23.8 Å². The average molecular weight is 410 g/mol. The lowest BCUT2D eigenvalue weighted by molar-refractivity contribution is 0.0914. The summed E-state index contributed by atoms with van der Waals surface area (Å²) in [5.74, 6) is 0.292. The van der Waals surface area contributed by atoms with Gasteiger partial charge in [-0.2, -0.15) is 0 Å². The van der Waals surface area contributed by atoms with E-state index in [9.17, 15) is 13.2 Å². The molecule has 1 aliphatic carbocycles. The second kappa shape index (κ2) is 6.66. The van der Waals surface area contributed by atoms with Crippen LogP contribution in [-0.2, 0) is 15.6 Å². The molecular weight excluding hydrogens is 390 g/mol. The molecule has 0 spiro atoms. The minimum atomic E-state index is -3.44. The number of carbonyl (C=O) groups is 1. The fraction of sp³-hybridized carbons (Fsp3) is 0.421. The fourth-order valence-electron chi connectivity index (χ4n) is 3.87. The van der Waals surface area contributed by atoms with Crippen LogP contribution in [0.3, 0.4) is 0 Å². The zero-order valence-corrected chi connectivity index (χ0v) is 16.8. The summed E-state index contributed by atoms with van der Waals surface area (Å²) in [5, 5.41) is 3.55. The van der Waals surface area contributed by atoms with E-state index in [-0.39, 0.29) is 22.6 Å². The van der Waals surface area contributed by atoms with Crippen molar-refractivity contribution >= 4 is 38.7 Å². The third-order valence-corrected chi connectivity index (χ3v) is 8.47. The zero-order valence-electron chi connectivity index (χ0n) is 14.4. The quantitative estimate of drug-likeness (QED) is 0.784. The van der Waals surface area contributed by atoms with Gasteiger partial charge >= 0.3 is 0 Å².